The van der Waals surface area contributed by atoms with Crippen molar-refractivity contribution in [3.05, 3.63) is 58.6 Å². The molecule has 0 aliphatic heterocycles. The number of hydrogen-bond acceptors (Lipinski definition) is 6. The smallest absolute Gasteiger partial charge is 0.261 e. The molecule has 0 fully saturated rings. The van der Waals surface area contributed by atoms with Gasteiger partial charge in [-0.25, -0.2) is 4.98 Å². The molecule has 1 amide bonds. The van der Waals surface area contributed by atoms with Gasteiger partial charge in [0.1, 0.15) is 6.54 Å². The van der Waals surface area contributed by atoms with Crippen molar-refractivity contribution in [1.29, 1.82) is 0 Å². The molecule has 0 radical (unpaired) electrons. The first-order valence-corrected chi connectivity index (χ1v) is 8.45. The first-order chi connectivity index (χ1) is 13.4. The van der Waals surface area contributed by atoms with Gasteiger partial charge >= 0.3 is 0 Å². The van der Waals surface area contributed by atoms with Gasteiger partial charge in [0.15, 0.2) is 17.3 Å². The second-order valence-corrected chi connectivity index (χ2v) is 6.09. The number of ether oxygens (including phenoxy) is 2. The van der Waals surface area contributed by atoms with E-state index in [0.717, 1.165) is 0 Å². The molecule has 1 heterocycles. The van der Waals surface area contributed by atoms with Gasteiger partial charge in [-0.05, 0) is 25.1 Å². The van der Waals surface area contributed by atoms with Gasteiger partial charge in [0.05, 0.1) is 31.4 Å². The van der Waals surface area contributed by atoms with Crippen molar-refractivity contribution in [2.24, 2.45) is 0 Å². The minimum absolute atomic E-state index is 0.101. The van der Waals surface area contributed by atoms with E-state index in [1.165, 1.54) is 38.1 Å². The molecule has 28 heavy (non-hydrogen) atoms. The Morgan fingerprint density at radius 1 is 1.11 bits per heavy atom. The number of carbonyl (C=O) groups excluding carboxylic acids is 2. The van der Waals surface area contributed by atoms with E-state index >= 15 is 0 Å². The average molecular weight is 381 g/mol. The van der Waals surface area contributed by atoms with E-state index in [1.54, 1.807) is 30.3 Å². The van der Waals surface area contributed by atoms with Crippen molar-refractivity contribution in [1.82, 2.24) is 9.55 Å². The minimum Gasteiger partial charge on any atom is -0.493 e. The summed E-state index contributed by atoms with van der Waals surface area (Å²) in [4.78, 5) is 40.8. The lowest BCUT2D eigenvalue weighted by Gasteiger charge is -2.11. The van der Waals surface area contributed by atoms with Gasteiger partial charge in [-0.1, -0.05) is 12.1 Å². The van der Waals surface area contributed by atoms with Gasteiger partial charge in [-0.3, -0.25) is 19.0 Å². The summed E-state index contributed by atoms with van der Waals surface area (Å²) in [5.41, 5.74) is 1.03. The van der Waals surface area contributed by atoms with Crippen molar-refractivity contribution < 1.29 is 19.1 Å². The number of benzene rings is 2. The molecule has 1 aromatic heterocycles. The number of ketones is 1. The summed E-state index contributed by atoms with van der Waals surface area (Å²) in [6.07, 6.45) is 1.31. The lowest BCUT2D eigenvalue weighted by atomic mass is 10.1. The standard InChI is InChI=1S/C20H19N3O5/c1-12(24)13-5-4-6-14(7-13)22-19(25)10-23-11-21-16-9-18(28-3)17(27-2)8-15(16)20(23)26/h4-9,11H,10H2,1-3H3,(H,22,25). The molecule has 3 aromatic rings. The first kappa shape index (κ1) is 19.1. The normalized spacial score (nSPS) is 10.5. The van der Waals surface area contributed by atoms with Crippen LogP contribution in [-0.4, -0.2) is 35.5 Å². The highest BCUT2D eigenvalue weighted by Gasteiger charge is 2.13. The Kier molecular flexibility index (Phi) is 5.39. The summed E-state index contributed by atoms with van der Waals surface area (Å²) in [6.45, 7) is 1.23. The zero-order valence-electron chi connectivity index (χ0n) is 15.7. The van der Waals surface area contributed by atoms with E-state index in [-0.39, 0.29) is 17.9 Å². The molecule has 8 nitrogen and oxygen atoms in total. The van der Waals surface area contributed by atoms with Crippen molar-refractivity contribution in [2.75, 3.05) is 19.5 Å². The highest BCUT2D eigenvalue weighted by molar-refractivity contribution is 5.97. The summed E-state index contributed by atoms with van der Waals surface area (Å²) >= 11 is 0. The molecule has 8 heteroatoms. The number of nitrogens with one attached hydrogen (secondary N) is 1. The largest absolute Gasteiger partial charge is 0.493 e. The molecule has 3 rings (SSSR count). The van der Waals surface area contributed by atoms with Crippen LogP contribution >= 0.6 is 0 Å². The Morgan fingerprint density at radius 3 is 2.50 bits per heavy atom. The van der Waals surface area contributed by atoms with Gasteiger partial charge in [-0.15, -0.1) is 0 Å². The summed E-state index contributed by atoms with van der Waals surface area (Å²) in [5.74, 6) is 0.347. The monoisotopic (exact) mass is 381 g/mol. The molecule has 0 atom stereocenters. The second-order valence-electron chi connectivity index (χ2n) is 6.09. The topological polar surface area (TPSA) is 99.5 Å². The number of methoxy groups -OCH3 is 2. The summed E-state index contributed by atoms with van der Waals surface area (Å²) < 4.78 is 11.6. The van der Waals surface area contributed by atoms with Crippen LogP contribution in [-0.2, 0) is 11.3 Å². The van der Waals surface area contributed by atoms with Crippen LogP contribution < -0.4 is 20.3 Å². The molecule has 0 saturated carbocycles. The van der Waals surface area contributed by atoms with E-state index in [1.807, 2.05) is 0 Å². The van der Waals surface area contributed by atoms with Gasteiger partial charge < -0.3 is 14.8 Å². The van der Waals surface area contributed by atoms with Crippen molar-refractivity contribution in [3.8, 4) is 11.5 Å². The number of aromatic nitrogens is 2. The maximum Gasteiger partial charge on any atom is 0.261 e. The predicted molar refractivity (Wildman–Crippen MR) is 104 cm³/mol. The van der Waals surface area contributed by atoms with Gasteiger partial charge in [0.25, 0.3) is 5.56 Å². The summed E-state index contributed by atoms with van der Waals surface area (Å²) in [5, 5.41) is 2.99. The lowest BCUT2D eigenvalue weighted by Crippen LogP contribution is -2.28. The van der Waals surface area contributed by atoms with Crippen LogP contribution in [0.1, 0.15) is 17.3 Å². The Labute approximate surface area is 160 Å². The number of hydrogen-bond donors (Lipinski definition) is 1. The first-order valence-electron chi connectivity index (χ1n) is 8.45. The number of Topliss-reactive ketones (excluding diaryl/α,β-unsaturated/α-hetero) is 1. The summed E-state index contributed by atoms with van der Waals surface area (Å²) in [7, 11) is 2.97. The molecule has 1 N–H and O–H groups in total. The molecule has 0 spiro atoms. The number of fused-ring (bicyclic) bond motifs is 1. The van der Waals surface area contributed by atoms with Crippen molar-refractivity contribution in [3.63, 3.8) is 0 Å². The molecular formula is C20H19N3O5. The molecule has 0 aliphatic rings. The van der Waals surface area contributed by atoms with Crippen LogP contribution in [0.5, 0.6) is 11.5 Å². The van der Waals surface area contributed by atoms with Crippen molar-refractivity contribution >= 4 is 28.3 Å². The van der Waals surface area contributed by atoms with Gasteiger partial charge in [0.2, 0.25) is 5.91 Å². The predicted octanol–water partition coefficient (Wildman–Crippen LogP) is 2.25. The van der Waals surface area contributed by atoms with Crippen LogP contribution in [0.4, 0.5) is 5.69 Å². The average Bonchev–Trinajstić information content (AvgIpc) is 2.69. The Bertz CT molecular complexity index is 1120. The number of carbonyl (C=O) groups is 2. The molecular weight excluding hydrogens is 362 g/mol. The van der Waals surface area contributed by atoms with E-state index in [9.17, 15) is 14.4 Å². The van der Waals surface area contributed by atoms with Crippen molar-refractivity contribution in [2.45, 2.75) is 13.5 Å². The van der Waals surface area contributed by atoms with Crippen LogP contribution in [0, 0.1) is 0 Å². The quantitative estimate of drug-likeness (QED) is 0.658. The zero-order chi connectivity index (χ0) is 20.3. The SMILES string of the molecule is COc1cc2ncn(CC(=O)Nc3cccc(C(C)=O)c3)c(=O)c2cc1OC. The maximum atomic E-state index is 12.7. The number of nitrogens with zero attached hydrogens (tertiary/aromatic N) is 2. The highest BCUT2D eigenvalue weighted by atomic mass is 16.5. The Hall–Kier alpha value is -3.68. The number of amides is 1. The molecule has 0 saturated heterocycles. The van der Waals surface area contributed by atoms with E-state index in [0.29, 0.717) is 33.7 Å². The van der Waals surface area contributed by atoms with E-state index < -0.39 is 5.91 Å². The van der Waals surface area contributed by atoms with Gasteiger partial charge in [0, 0.05) is 17.3 Å². The fraction of sp³-hybridized carbons (Fsp3) is 0.200. The fourth-order valence-corrected chi connectivity index (χ4v) is 2.77. The van der Waals surface area contributed by atoms with E-state index in [4.69, 9.17) is 9.47 Å². The van der Waals surface area contributed by atoms with Crippen LogP contribution in [0.15, 0.2) is 47.5 Å². The van der Waals surface area contributed by atoms with E-state index in [2.05, 4.69) is 10.3 Å². The third kappa shape index (κ3) is 3.85. The second kappa shape index (κ2) is 7.91. The molecule has 0 aliphatic carbocycles. The number of anilines is 1. The maximum absolute atomic E-state index is 12.7. The fourth-order valence-electron chi connectivity index (χ4n) is 2.77. The Morgan fingerprint density at radius 2 is 1.82 bits per heavy atom. The third-order valence-corrected chi connectivity index (χ3v) is 4.20. The van der Waals surface area contributed by atoms with Gasteiger partial charge in [-0.2, -0.15) is 0 Å². The molecule has 144 valence electrons. The van der Waals surface area contributed by atoms with Crippen LogP contribution in [0.25, 0.3) is 10.9 Å². The molecule has 2 aromatic carbocycles. The van der Waals surface area contributed by atoms with Crippen LogP contribution in [0.2, 0.25) is 0 Å². The van der Waals surface area contributed by atoms with Crippen LogP contribution in [0.3, 0.4) is 0 Å². The zero-order valence-corrected chi connectivity index (χ0v) is 15.7. The molecule has 0 unspecified atom stereocenters. The summed E-state index contributed by atoms with van der Waals surface area (Å²) in [6, 6.07) is 9.73. The number of rotatable bonds is 6. The third-order valence-electron chi connectivity index (χ3n) is 4.20. The highest BCUT2D eigenvalue weighted by Crippen LogP contribution is 2.29. The Balaban J connectivity index is 1.86. The lowest BCUT2D eigenvalue weighted by molar-refractivity contribution is -0.116. The minimum atomic E-state index is -0.413. The molecule has 0 bridgehead atoms.